The molecule has 112 valence electrons. The van der Waals surface area contributed by atoms with Gasteiger partial charge in [-0.1, -0.05) is 11.6 Å². The van der Waals surface area contributed by atoms with Crippen LogP contribution >= 0.6 is 11.6 Å². The van der Waals surface area contributed by atoms with Crippen molar-refractivity contribution in [3.63, 3.8) is 0 Å². The molecule has 22 heavy (non-hydrogen) atoms. The van der Waals surface area contributed by atoms with Gasteiger partial charge in [-0.05, 0) is 30.3 Å². The van der Waals surface area contributed by atoms with Gasteiger partial charge in [0.1, 0.15) is 12.3 Å². The smallest absolute Gasteiger partial charge is 0.262 e. The maximum atomic E-state index is 12.2. The fourth-order valence-electron chi connectivity index (χ4n) is 2.20. The third-order valence-electron chi connectivity index (χ3n) is 3.27. The molecule has 0 bridgehead atoms. The first-order valence-electron chi connectivity index (χ1n) is 6.51. The maximum absolute atomic E-state index is 12.2. The monoisotopic (exact) mass is 318 g/mol. The first-order valence-corrected chi connectivity index (χ1v) is 6.89. The molecule has 1 aromatic heterocycles. The van der Waals surface area contributed by atoms with Crippen molar-refractivity contribution in [3.05, 3.63) is 58.5 Å². The standard InChI is InChI=1S/C15H11ClN2O4/c16-9-3-4-11-12(6-9)15(21)18(14(11)20)8-13(19)17-7-10-2-1-5-22-10/h1-6H,7-8H2,(H,17,19). The van der Waals surface area contributed by atoms with Gasteiger partial charge in [0.25, 0.3) is 11.8 Å². The number of amides is 3. The summed E-state index contributed by atoms with van der Waals surface area (Å²) in [5.74, 6) is -0.875. The van der Waals surface area contributed by atoms with Gasteiger partial charge in [0, 0.05) is 5.02 Å². The van der Waals surface area contributed by atoms with Crippen molar-refractivity contribution in [1.29, 1.82) is 0 Å². The van der Waals surface area contributed by atoms with Gasteiger partial charge >= 0.3 is 0 Å². The molecule has 1 aromatic carbocycles. The molecule has 0 atom stereocenters. The number of hydrogen-bond acceptors (Lipinski definition) is 4. The Morgan fingerprint density at radius 3 is 2.68 bits per heavy atom. The number of rotatable bonds is 4. The van der Waals surface area contributed by atoms with E-state index >= 15 is 0 Å². The number of nitrogens with one attached hydrogen (secondary N) is 1. The summed E-state index contributed by atoms with van der Waals surface area (Å²) in [6.07, 6.45) is 1.50. The summed E-state index contributed by atoms with van der Waals surface area (Å²) in [6.45, 7) is -0.147. The highest BCUT2D eigenvalue weighted by atomic mass is 35.5. The van der Waals surface area contributed by atoms with Gasteiger partial charge in [0.15, 0.2) is 0 Å². The number of nitrogens with zero attached hydrogens (tertiary/aromatic N) is 1. The Balaban J connectivity index is 1.67. The Morgan fingerprint density at radius 2 is 1.95 bits per heavy atom. The molecule has 6 nitrogen and oxygen atoms in total. The molecule has 1 aliphatic heterocycles. The summed E-state index contributed by atoms with van der Waals surface area (Å²) in [6, 6.07) is 7.86. The Hall–Kier alpha value is -2.60. The molecule has 2 heterocycles. The van der Waals surface area contributed by atoms with E-state index in [0.29, 0.717) is 10.8 Å². The van der Waals surface area contributed by atoms with E-state index in [2.05, 4.69) is 5.32 Å². The van der Waals surface area contributed by atoms with E-state index in [9.17, 15) is 14.4 Å². The van der Waals surface area contributed by atoms with Crippen LogP contribution in [0.4, 0.5) is 0 Å². The van der Waals surface area contributed by atoms with Gasteiger partial charge in [-0.2, -0.15) is 0 Å². The maximum Gasteiger partial charge on any atom is 0.262 e. The molecule has 0 fully saturated rings. The van der Waals surface area contributed by atoms with E-state index in [1.54, 1.807) is 12.1 Å². The topological polar surface area (TPSA) is 79.6 Å². The van der Waals surface area contributed by atoms with Crippen LogP contribution in [0.25, 0.3) is 0 Å². The van der Waals surface area contributed by atoms with Crippen LogP contribution < -0.4 is 5.32 Å². The van der Waals surface area contributed by atoms with Gasteiger partial charge in [0.2, 0.25) is 5.91 Å². The third kappa shape index (κ3) is 2.60. The highest BCUT2D eigenvalue weighted by molar-refractivity contribution is 6.32. The van der Waals surface area contributed by atoms with E-state index in [-0.39, 0.29) is 24.2 Å². The van der Waals surface area contributed by atoms with Crippen molar-refractivity contribution >= 4 is 29.3 Å². The number of halogens is 1. The van der Waals surface area contributed by atoms with E-state index in [1.807, 2.05) is 0 Å². The summed E-state index contributed by atoms with van der Waals surface area (Å²) in [5, 5.41) is 2.95. The van der Waals surface area contributed by atoms with Crippen molar-refractivity contribution < 1.29 is 18.8 Å². The van der Waals surface area contributed by atoms with Crippen LogP contribution in [0, 0.1) is 0 Å². The first kappa shape index (κ1) is 14.3. The lowest BCUT2D eigenvalue weighted by atomic mass is 10.1. The second-order valence-electron chi connectivity index (χ2n) is 4.74. The van der Waals surface area contributed by atoms with Crippen LogP contribution in [0.1, 0.15) is 26.5 Å². The lowest BCUT2D eigenvalue weighted by Gasteiger charge is -2.13. The molecule has 0 radical (unpaired) electrons. The third-order valence-corrected chi connectivity index (χ3v) is 3.51. The lowest BCUT2D eigenvalue weighted by Crippen LogP contribution is -2.40. The second-order valence-corrected chi connectivity index (χ2v) is 5.18. The van der Waals surface area contributed by atoms with Crippen molar-refractivity contribution in [1.82, 2.24) is 10.2 Å². The van der Waals surface area contributed by atoms with Gasteiger partial charge in [-0.3, -0.25) is 19.3 Å². The second kappa shape index (κ2) is 5.65. The fraction of sp³-hybridized carbons (Fsp3) is 0.133. The van der Waals surface area contributed by atoms with E-state index in [0.717, 1.165) is 4.90 Å². The Labute approximate surface area is 130 Å². The number of furan rings is 1. The van der Waals surface area contributed by atoms with Gasteiger partial charge < -0.3 is 9.73 Å². The minimum atomic E-state index is -0.518. The molecule has 0 saturated heterocycles. The van der Waals surface area contributed by atoms with Gasteiger partial charge in [-0.15, -0.1) is 0 Å². The minimum absolute atomic E-state index is 0.195. The zero-order valence-corrected chi connectivity index (χ0v) is 12.1. The van der Waals surface area contributed by atoms with Gasteiger partial charge in [-0.25, -0.2) is 0 Å². The predicted octanol–water partition coefficient (Wildman–Crippen LogP) is 1.85. The molecular formula is C15H11ClN2O4. The summed E-state index contributed by atoms with van der Waals surface area (Å²) in [4.78, 5) is 37.1. The first-order chi connectivity index (χ1) is 10.6. The number of imide groups is 1. The van der Waals surface area contributed by atoms with Crippen LogP contribution in [0.5, 0.6) is 0 Å². The summed E-state index contributed by atoms with van der Waals surface area (Å²) in [7, 11) is 0. The molecule has 0 saturated carbocycles. The molecule has 0 unspecified atom stereocenters. The molecule has 3 rings (SSSR count). The summed E-state index contributed by atoms with van der Waals surface area (Å²) < 4.78 is 5.08. The molecule has 3 amide bonds. The SMILES string of the molecule is O=C(CN1C(=O)c2ccc(Cl)cc2C1=O)NCc1ccco1. The molecule has 1 aliphatic rings. The zero-order chi connectivity index (χ0) is 15.7. The highest BCUT2D eigenvalue weighted by Gasteiger charge is 2.36. The lowest BCUT2D eigenvalue weighted by molar-refractivity contribution is -0.121. The Morgan fingerprint density at radius 1 is 1.18 bits per heavy atom. The zero-order valence-electron chi connectivity index (χ0n) is 11.3. The van der Waals surface area contributed by atoms with E-state index < -0.39 is 17.7 Å². The van der Waals surface area contributed by atoms with Crippen LogP contribution in [0.15, 0.2) is 41.0 Å². The van der Waals surface area contributed by atoms with Gasteiger partial charge in [0.05, 0.1) is 23.9 Å². The van der Waals surface area contributed by atoms with Crippen molar-refractivity contribution in [2.75, 3.05) is 6.54 Å². The average molecular weight is 319 g/mol. The number of hydrogen-bond donors (Lipinski definition) is 1. The average Bonchev–Trinajstić information content (AvgIpc) is 3.09. The number of carbonyl (C=O) groups excluding carboxylic acids is 3. The Kier molecular flexibility index (Phi) is 3.68. The van der Waals surface area contributed by atoms with Crippen LogP contribution in [-0.2, 0) is 11.3 Å². The fourth-order valence-corrected chi connectivity index (χ4v) is 2.38. The molecule has 7 heteroatoms. The predicted molar refractivity (Wildman–Crippen MR) is 77.4 cm³/mol. The van der Waals surface area contributed by atoms with E-state index in [4.69, 9.17) is 16.0 Å². The van der Waals surface area contributed by atoms with Crippen LogP contribution in [-0.4, -0.2) is 29.2 Å². The highest BCUT2D eigenvalue weighted by Crippen LogP contribution is 2.25. The Bertz CT molecular complexity index is 755. The molecule has 1 N–H and O–H groups in total. The number of fused-ring (bicyclic) bond motifs is 1. The van der Waals surface area contributed by atoms with Crippen molar-refractivity contribution in [2.45, 2.75) is 6.54 Å². The quantitative estimate of drug-likeness (QED) is 0.872. The molecule has 2 aromatic rings. The molecule has 0 aliphatic carbocycles. The normalized spacial score (nSPS) is 13.4. The molecule has 0 spiro atoms. The van der Waals surface area contributed by atoms with E-state index in [1.165, 1.54) is 24.5 Å². The minimum Gasteiger partial charge on any atom is -0.467 e. The van der Waals surface area contributed by atoms with Crippen LogP contribution in [0.3, 0.4) is 0 Å². The molecular weight excluding hydrogens is 308 g/mol. The van der Waals surface area contributed by atoms with Crippen molar-refractivity contribution in [3.8, 4) is 0 Å². The van der Waals surface area contributed by atoms with Crippen LogP contribution in [0.2, 0.25) is 5.02 Å². The largest absolute Gasteiger partial charge is 0.467 e. The number of carbonyl (C=O) groups is 3. The van der Waals surface area contributed by atoms with Crippen molar-refractivity contribution in [2.24, 2.45) is 0 Å². The summed E-state index contributed by atoms with van der Waals surface area (Å²) >= 11 is 5.82. The number of benzene rings is 1. The summed E-state index contributed by atoms with van der Waals surface area (Å²) in [5.41, 5.74) is 0.476.